The summed E-state index contributed by atoms with van der Waals surface area (Å²) in [6.45, 7) is 3.74. The minimum atomic E-state index is 0.0473. The van der Waals surface area contributed by atoms with Crippen molar-refractivity contribution in [1.29, 1.82) is 0 Å². The highest BCUT2D eigenvalue weighted by molar-refractivity contribution is 5.80. The van der Waals surface area contributed by atoms with Gasteiger partial charge in [0.05, 0.1) is 5.69 Å². The average molecular weight is 315 g/mol. The highest BCUT2D eigenvalue weighted by Gasteiger charge is 2.27. The molecular weight excluding hydrogens is 306 g/mol. The lowest BCUT2D eigenvalue weighted by atomic mass is 10.2. The lowest BCUT2D eigenvalue weighted by molar-refractivity contribution is 0.301. The fraction of sp³-hybridized carbons (Fsp3) is 0.182. The Balaban J connectivity index is 1.89. The second kappa shape index (κ2) is 4.72. The van der Waals surface area contributed by atoms with Crippen LogP contribution in [0.5, 0.6) is 0 Å². The molecule has 0 spiro atoms. The SMILES string of the molecule is Cc1cc(C)n(-c2nonc2-c2nonc2-c2nonc2N)n1. The van der Waals surface area contributed by atoms with E-state index in [0.29, 0.717) is 5.82 Å². The maximum atomic E-state index is 5.68. The summed E-state index contributed by atoms with van der Waals surface area (Å²) in [5, 5.41) is 26.8. The molecule has 0 radical (unpaired) electrons. The summed E-state index contributed by atoms with van der Waals surface area (Å²) in [5.41, 5.74) is 8.24. The summed E-state index contributed by atoms with van der Waals surface area (Å²) in [6, 6.07) is 1.89. The van der Waals surface area contributed by atoms with E-state index in [1.54, 1.807) is 4.68 Å². The zero-order chi connectivity index (χ0) is 16.0. The van der Waals surface area contributed by atoms with Crippen molar-refractivity contribution < 1.29 is 13.9 Å². The molecule has 0 saturated carbocycles. The maximum Gasteiger partial charge on any atom is 0.228 e. The first kappa shape index (κ1) is 13.1. The summed E-state index contributed by atoms with van der Waals surface area (Å²) >= 11 is 0. The van der Waals surface area contributed by atoms with Gasteiger partial charge in [-0.05, 0) is 50.9 Å². The molecule has 4 aromatic rings. The second-order valence-corrected chi connectivity index (χ2v) is 4.73. The number of rotatable bonds is 3. The van der Waals surface area contributed by atoms with Crippen LogP contribution in [0.3, 0.4) is 0 Å². The highest BCUT2D eigenvalue weighted by Crippen LogP contribution is 2.32. The molecule has 12 nitrogen and oxygen atoms in total. The molecule has 4 rings (SSSR count). The van der Waals surface area contributed by atoms with E-state index in [4.69, 9.17) is 15.0 Å². The number of aromatic nitrogens is 8. The first-order valence-corrected chi connectivity index (χ1v) is 6.42. The fourth-order valence-electron chi connectivity index (χ4n) is 2.17. The van der Waals surface area contributed by atoms with Gasteiger partial charge in [0.25, 0.3) is 0 Å². The Morgan fingerprint density at radius 3 is 2.09 bits per heavy atom. The van der Waals surface area contributed by atoms with E-state index >= 15 is 0 Å². The smallest absolute Gasteiger partial charge is 0.228 e. The molecule has 0 unspecified atom stereocenters. The molecule has 0 amide bonds. The minimum absolute atomic E-state index is 0.0473. The molecule has 12 heteroatoms. The first-order chi connectivity index (χ1) is 11.1. The number of hydrogen-bond acceptors (Lipinski definition) is 11. The number of anilines is 1. The van der Waals surface area contributed by atoms with Crippen LogP contribution >= 0.6 is 0 Å². The Kier molecular flexibility index (Phi) is 2.69. The van der Waals surface area contributed by atoms with Gasteiger partial charge in [0, 0.05) is 5.69 Å². The molecule has 23 heavy (non-hydrogen) atoms. The lowest BCUT2D eigenvalue weighted by Gasteiger charge is -1.99. The monoisotopic (exact) mass is 315 g/mol. The summed E-state index contributed by atoms with van der Waals surface area (Å²) in [5.74, 6) is 0.383. The minimum Gasteiger partial charge on any atom is -0.379 e. The van der Waals surface area contributed by atoms with Crippen LogP contribution in [-0.2, 0) is 0 Å². The van der Waals surface area contributed by atoms with Gasteiger partial charge in [0.2, 0.25) is 5.82 Å². The van der Waals surface area contributed by atoms with Gasteiger partial charge in [-0.2, -0.15) is 5.10 Å². The Labute approximate surface area is 127 Å². The van der Waals surface area contributed by atoms with Crippen molar-refractivity contribution in [2.75, 3.05) is 5.73 Å². The van der Waals surface area contributed by atoms with Crippen molar-refractivity contribution in [3.05, 3.63) is 17.5 Å². The lowest BCUT2D eigenvalue weighted by Crippen LogP contribution is -2.02. The third kappa shape index (κ3) is 1.96. The van der Waals surface area contributed by atoms with Gasteiger partial charge in [0.15, 0.2) is 28.6 Å². The third-order valence-electron chi connectivity index (χ3n) is 3.13. The zero-order valence-electron chi connectivity index (χ0n) is 12.0. The maximum absolute atomic E-state index is 5.68. The van der Waals surface area contributed by atoms with Gasteiger partial charge < -0.3 is 5.73 Å². The molecule has 116 valence electrons. The Morgan fingerprint density at radius 1 is 0.826 bits per heavy atom. The fourth-order valence-corrected chi connectivity index (χ4v) is 2.17. The highest BCUT2D eigenvalue weighted by atomic mass is 16.6. The van der Waals surface area contributed by atoms with E-state index in [2.05, 4.69) is 40.7 Å². The predicted molar refractivity (Wildman–Crippen MR) is 71.9 cm³/mol. The predicted octanol–water partition coefficient (Wildman–Crippen LogP) is 0.554. The van der Waals surface area contributed by atoms with Crippen molar-refractivity contribution in [2.24, 2.45) is 0 Å². The molecule has 0 aliphatic carbocycles. The van der Waals surface area contributed by atoms with Crippen LogP contribution < -0.4 is 5.73 Å². The van der Waals surface area contributed by atoms with Crippen LogP contribution in [0.4, 0.5) is 5.82 Å². The van der Waals surface area contributed by atoms with Crippen molar-refractivity contribution in [2.45, 2.75) is 13.8 Å². The van der Waals surface area contributed by atoms with Gasteiger partial charge in [0.1, 0.15) is 0 Å². The molecule has 4 heterocycles. The molecule has 0 fully saturated rings. The molecule has 0 aliphatic rings. The molecule has 0 bridgehead atoms. The van der Waals surface area contributed by atoms with Gasteiger partial charge in [-0.15, -0.1) is 0 Å². The molecule has 0 atom stereocenters. The number of nitrogens with two attached hydrogens (primary N) is 1. The normalized spacial score (nSPS) is 11.2. The van der Waals surface area contributed by atoms with E-state index in [0.717, 1.165) is 11.4 Å². The molecule has 0 aliphatic heterocycles. The molecule has 2 N–H and O–H groups in total. The van der Waals surface area contributed by atoms with Crippen LogP contribution in [0.15, 0.2) is 20.0 Å². The average Bonchev–Trinajstić information content (AvgIpc) is 3.25. The van der Waals surface area contributed by atoms with Gasteiger partial charge >= 0.3 is 0 Å². The van der Waals surface area contributed by atoms with Crippen LogP contribution in [0.2, 0.25) is 0 Å². The summed E-state index contributed by atoms with van der Waals surface area (Å²) < 4.78 is 15.7. The van der Waals surface area contributed by atoms with E-state index in [-0.39, 0.29) is 28.6 Å². The standard InChI is InChI=1S/C11H9N9O3/c1-4-3-5(2)20(13-4)11-9(17-23-19-11)7-6(14-21-15-7)8-10(12)18-22-16-8/h3H,1-2H3,(H2,12,18). The number of nitrogen functional groups attached to an aromatic ring is 1. The number of hydrogen-bond donors (Lipinski definition) is 1. The summed E-state index contributed by atoms with van der Waals surface area (Å²) in [6.07, 6.45) is 0. The quantitative estimate of drug-likeness (QED) is 0.562. The van der Waals surface area contributed by atoms with Crippen molar-refractivity contribution in [1.82, 2.24) is 40.7 Å². The van der Waals surface area contributed by atoms with Crippen molar-refractivity contribution in [3.8, 4) is 28.6 Å². The number of aryl methyl sites for hydroxylation is 2. The molecule has 0 aromatic carbocycles. The molecular formula is C11H9N9O3. The second-order valence-electron chi connectivity index (χ2n) is 4.73. The Morgan fingerprint density at radius 2 is 1.43 bits per heavy atom. The van der Waals surface area contributed by atoms with E-state index in [1.807, 2.05) is 19.9 Å². The molecule has 4 aromatic heterocycles. The van der Waals surface area contributed by atoms with Gasteiger partial charge in [-0.1, -0.05) is 0 Å². The summed E-state index contributed by atoms with van der Waals surface area (Å²) in [7, 11) is 0. The number of nitrogens with zero attached hydrogens (tertiary/aromatic N) is 8. The first-order valence-electron chi connectivity index (χ1n) is 6.42. The van der Waals surface area contributed by atoms with Crippen LogP contribution in [0.25, 0.3) is 28.6 Å². The topological polar surface area (TPSA) is 161 Å². The van der Waals surface area contributed by atoms with Crippen LogP contribution in [0, 0.1) is 13.8 Å². The van der Waals surface area contributed by atoms with Crippen molar-refractivity contribution in [3.63, 3.8) is 0 Å². The van der Waals surface area contributed by atoms with Gasteiger partial charge in [-0.3, -0.25) is 0 Å². The zero-order valence-corrected chi connectivity index (χ0v) is 12.0. The summed E-state index contributed by atoms with van der Waals surface area (Å²) in [4.78, 5) is 0. The van der Waals surface area contributed by atoms with Crippen molar-refractivity contribution >= 4 is 5.82 Å². The largest absolute Gasteiger partial charge is 0.379 e. The van der Waals surface area contributed by atoms with E-state index in [9.17, 15) is 0 Å². The van der Waals surface area contributed by atoms with Crippen LogP contribution in [-0.4, -0.2) is 40.7 Å². The van der Waals surface area contributed by atoms with Crippen LogP contribution in [0.1, 0.15) is 11.4 Å². The molecule has 0 saturated heterocycles. The van der Waals surface area contributed by atoms with E-state index in [1.165, 1.54) is 0 Å². The van der Waals surface area contributed by atoms with Gasteiger partial charge in [-0.25, -0.2) is 18.6 Å². The Bertz CT molecular complexity index is 979. The third-order valence-corrected chi connectivity index (χ3v) is 3.13. The van der Waals surface area contributed by atoms with E-state index < -0.39 is 0 Å². The Hall–Kier alpha value is -3.57.